The van der Waals surface area contributed by atoms with Crippen molar-refractivity contribution in [3.63, 3.8) is 0 Å². The van der Waals surface area contributed by atoms with E-state index < -0.39 is 0 Å². The van der Waals surface area contributed by atoms with Crippen molar-refractivity contribution >= 4 is 16.8 Å². The average Bonchev–Trinajstić information content (AvgIpc) is 2.93. The van der Waals surface area contributed by atoms with Crippen LogP contribution in [0.4, 0.5) is 5.88 Å². The third-order valence-corrected chi connectivity index (χ3v) is 3.47. The molecule has 0 aliphatic heterocycles. The summed E-state index contributed by atoms with van der Waals surface area (Å²) >= 11 is 0. The maximum atomic E-state index is 5.61. The Bertz CT molecular complexity index is 755. The molecule has 1 aromatic carbocycles. The van der Waals surface area contributed by atoms with Gasteiger partial charge < -0.3 is 19.6 Å². The minimum Gasteiger partial charge on any atom is -0.495 e. The van der Waals surface area contributed by atoms with Gasteiger partial charge in [0.05, 0.1) is 12.6 Å². The highest BCUT2D eigenvalue weighted by molar-refractivity contribution is 6.00. The molecule has 0 spiro atoms. The van der Waals surface area contributed by atoms with E-state index in [1.807, 2.05) is 32.2 Å². The first-order chi connectivity index (χ1) is 9.13. The lowest BCUT2D eigenvalue weighted by molar-refractivity contribution is 0.418. The summed E-state index contributed by atoms with van der Waals surface area (Å²) < 4.78 is 12.5. The highest BCUT2D eigenvalue weighted by Crippen LogP contribution is 2.37. The monoisotopic (exact) mass is 257 g/mol. The van der Waals surface area contributed by atoms with Crippen LogP contribution < -0.4 is 10.5 Å². The second-order valence-electron chi connectivity index (χ2n) is 4.49. The van der Waals surface area contributed by atoms with Crippen molar-refractivity contribution < 1.29 is 9.26 Å². The van der Waals surface area contributed by atoms with Crippen LogP contribution in [-0.4, -0.2) is 16.8 Å². The van der Waals surface area contributed by atoms with Gasteiger partial charge in [-0.15, -0.1) is 0 Å². The van der Waals surface area contributed by atoms with E-state index in [4.69, 9.17) is 15.0 Å². The molecule has 0 atom stereocenters. The number of aryl methyl sites for hydroxylation is 1. The number of fused-ring (bicyclic) bond motifs is 1. The number of para-hydroxylation sites is 1. The number of ether oxygens (including phenoxy) is 1. The number of aromatic nitrogens is 2. The molecule has 2 aromatic heterocycles. The zero-order valence-corrected chi connectivity index (χ0v) is 11.1. The van der Waals surface area contributed by atoms with Gasteiger partial charge in [-0.3, -0.25) is 0 Å². The first-order valence-electron chi connectivity index (χ1n) is 5.98. The van der Waals surface area contributed by atoms with E-state index in [1.165, 1.54) is 0 Å². The lowest BCUT2D eigenvalue weighted by atomic mass is 10.1. The number of rotatable bonds is 2. The van der Waals surface area contributed by atoms with Gasteiger partial charge in [0.1, 0.15) is 11.4 Å². The molecule has 5 heteroatoms. The van der Waals surface area contributed by atoms with Crippen LogP contribution >= 0.6 is 0 Å². The number of anilines is 1. The molecule has 2 N–H and O–H groups in total. The summed E-state index contributed by atoms with van der Waals surface area (Å²) in [6.07, 6.45) is 0. The van der Waals surface area contributed by atoms with Gasteiger partial charge in [0, 0.05) is 29.8 Å². The van der Waals surface area contributed by atoms with Crippen molar-refractivity contribution in [3.05, 3.63) is 30.0 Å². The minimum atomic E-state index is 0.314. The molecule has 5 nitrogen and oxygen atoms in total. The van der Waals surface area contributed by atoms with Crippen molar-refractivity contribution in [3.8, 4) is 17.0 Å². The molecule has 3 rings (SSSR count). The summed E-state index contributed by atoms with van der Waals surface area (Å²) in [7, 11) is 3.68. The summed E-state index contributed by atoms with van der Waals surface area (Å²) in [6, 6.07) is 7.70. The summed E-state index contributed by atoms with van der Waals surface area (Å²) in [4.78, 5) is 0. The van der Waals surface area contributed by atoms with E-state index in [1.54, 1.807) is 13.2 Å². The Morgan fingerprint density at radius 2 is 2.16 bits per heavy atom. The molecular formula is C14H15N3O2. The minimum absolute atomic E-state index is 0.314. The summed E-state index contributed by atoms with van der Waals surface area (Å²) in [5, 5.41) is 5.09. The number of nitrogens with zero attached hydrogens (tertiary/aromatic N) is 2. The molecule has 0 bridgehead atoms. The Balaban J connectivity index is 2.40. The molecule has 98 valence electrons. The molecule has 0 fully saturated rings. The second-order valence-corrected chi connectivity index (χ2v) is 4.49. The molecule has 0 amide bonds. The Hall–Kier alpha value is -2.43. The molecule has 0 saturated heterocycles. The first-order valence-corrected chi connectivity index (χ1v) is 5.98. The Morgan fingerprint density at radius 1 is 1.37 bits per heavy atom. The van der Waals surface area contributed by atoms with E-state index in [0.717, 1.165) is 33.6 Å². The molecule has 3 aromatic rings. The van der Waals surface area contributed by atoms with Crippen molar-refractivity contribution in [2.75, 3.05) is 12.8 Å². The van der Waals surface area contributed by atoms with E-state index in [2.05, 4.69) is 9.72 Å². The lowest BCUT2D eigenvalue weighted by Gasteiger charge is -2.04. The van der Waals surface area contributed by atoms with Crippen molar-refractivity contribution in [1.29, 1.82) is 0 Å². The number of benzene rings is 1. The van der Waals surface area contributed by atoms with Gasteiger partial charge in [0.2, 0.25) is 5.88 Å². The number of hydrogen-bond donors (Lipinski definition) is 1. The Labute approximate surface area is 110 Å². The van der Waals surface area contributed by atoms with E-state index in [-0.39, 0.29) is 0 Å². The first kappa shape index (κ1) is 11.6. The number of hydrogen-bond acceptors (Lipinski definition) is 4. The highest BCUT2D eigenvalue weighted by atomic mass is 16.5. The molecule has 19 heavy (non-hydrogen) atoms. The van der Waals surface area contributed by atoms with Gasteiger partial charge >= 0.3 is 0 Å². The van der Waals surface area contributed by atoms with Crippen LogP contribution in [0, 0.1) is 6.92 Å². The zero-order valence-electron chi connectivity index (χ0n) is 11.1. The van der Waals surface area contributed by atoms with Crippen LogP contribution in [0.3, 0.4) is 0 Å². The topological polar surface area (TPSA) is 66.2 Å². The third-order valence-electron chi connectivity index (χ3n) is 3.47. The van der Waals surface area contributed by atoms with Crippen molar-refractivity contribution in [2.45, 2.75) is 6.92 Å². The molecule has 0 aliphatic carbocycles. The van der Waals surface area contributed by atoms with Crippen LogP contribution in [-0.2, 0) is 7.05 Å². The van der Waals surface area contributed by atoms with Crippen LogP contribution in [0.25, 0.3) is 22.2 Å². The van der Waals surface area contributed by atoms with E-state index >= 15 is 0 Å². The van der Waals surface area contributed by atoms with Gasteiger partial charge in [0.25, 0.3) is 0 Å². The fourth-order valence-electron chi connectivity index (χ4n) is 2.50. The van der Waals surface area contributed by atoms with Crippen LogP contribution in [0.15, 0.2) is 28.8 Å². The van der Waals surface area contributed by atoms with Gasteiger partial charge in [0.15, 0.2) is 0 Å². The summed E-state index contributed by atoms with van der Waals surface area (Å²) in [5.41, 5.74) is 9.51. The maximum absolute atomic E-state index is 5.61. The summed E-state index contributed by atoms with van der Waals surface area (Å²) in [5.74, 6) is 1.15. The van der Waals surface area contributed by atoms with Crippen molar-refractivity contribution in [2.24, 2.45) is 7.05 Å². The standard InChI is InChI=1S/C14H15N3O2/c1-8-13(10-7-12(15)19-16-10)9-5-4-6-11(18-3)14(9)17(8)2/h4-7H,15H2,1-3H3. The maximum Gasteiger partial charge on any atom is 0.222 e. The number of nitrogen functional groups attached to an aromatic ring is 1. The molecule has 0 unspecified atom stereocenters. The van der Waals surface area contributed by atoms with E-state index in [9.17, 15) is 0 Å². The normalized spacial score (nSPS) is 11.1. The second kappa shape index (κ2) is 4.05. The Morgan fingerprint density at radius 3 is 2.79 bits per heavy atom. The molecule has 2 heterocycles. The molecule has 0 radical (unpaired) electrons. The zero-order chi connectivity index (χ0) is 13.6. The van der Waals surface area contributed by atoms with E-state index in [0.29, 0.717) is 5.88 Å². The van der Waals surface area contributed by atoms with Gasteiger partial charge in [-0.2, -0.15) is 0 Å². The molecule has 0 aliphatic rings. The molecule has 0 saturated carbocycles. The molecular weight excluding hydrogens is 242 g/mol. The van der Waals surface area contributed by atoms with Gasteiger partial charge in [-0.25, -0.2) is 0 Å². The fourth-order valence-corrected chi connectivity index (χ4v) is 2.50. The van der Waals surface area contributed by atoms with Crippen LogP contribution in [0.2, 0.25) is 0 Å². The smallest absolute Gasteiger partial charge is 0.222 e. The lowest BCUT2D eigenvalue weighted by Crippen LogP contribution is -1.93. The highest BCUT2D eigenvalue weighted by Gasteiger charge is 2.18. The third kappa shape index (κ3) is 1.58. The van der Waals surface area contributed by atoms with Crippen LogP contribution in [0.5, 0.6) is 5.75 Å². The predicted molar refractivity (Wildman–Crippen MR) is 74.1 cm³/mol. The predicted octanol–water partition coefficient (Wildman–Crippen LogP) is 2.73. The number of methoxy groups -OCH3 is 1. The largest absolute Gasteiger partial charge is 0.495 e. The Kier molecular flexibility index (Phi) is 2.48. The quantitative estimate of drug-likeness (QED) is 0.766. The summed E-state index contributed by atoms with van der Waals surface area (Å²) in [6.45, 7) is 2.04. The van der Waals surface area contributed by atoms with Crippen LogP contribution in [0.1, 0.15) is 5.69 Å². The van der Waals surface area contributed by atoms with Gasteiger partial charge in [-0.1, -0.05) is 17.3 Å². The number of nitrogens with two attached hydrogens (primary N) is 1. The fraction of sp³-hybridized carbons (Fsp3) is 0.214. The SMILES string of the molecule is COc1cccc2c(-c3cc(N)on3)c(C)n(C)c12. The average molecular weight is 257 g/mol. The van der Waals surface area contributed by atoms with Gasteiger partial charge in [-0.05, 0) is 13.0 Å². The van der Waals surface area contributed by atoms with Crippen molar-refractivity contribution in [1.82, 2.24) is 9.72 Å².